The Morgan fingerprint density at radius 3 is 1.05 bits per heavy atom. The highest BCUT2D eigenvalue weighted by Crippen LogP contribution is 2.49. The van der Waals surface area contributed by atoms with Gasteiger partial charge in [0.15, 0.2) is 17.5 Å². The third-order valence-corrected chi connectivity index (χ3v) is 121. The van der Waals surface area contributed by atoms with E-state index in [1.54, 1.807) is 107 Å². The lowest BCUT2D eigenvalue weighted by atomic mass is 9.78. The molecule has 59 heteroatoms. The summed E-state index contributed by atoms with van der Waals surface area (Å²) in [6, 6.07) is 37.6. The van der Waals surface area contributed by atoms with E-state index in [4.69, 9.17) is 51.1 Å². The Morgan fingerprint density at radius 2 is 0.644 bits per heavy atom. The molecule has 1 aliphatic heterocycles. The molecule has 0 spiro atoms. The summed E-state index contributed by atoms with van der Waals surface area (Å²) in [6.45, 7) is 12.9. The Bertz CT molecular complexity index is 6710. The molecule has 6 nitrogen and oxygen atoms in total. The molecule has 9 rings (SSSR count). The largest absolute Gasteiger partial charge is 0.494 e. The minimum atomic E-state index is -0.491. The fourth-order valence-corrected chi connectivity index (χ4v) is 140. The molecule has 1 aliphatic carbocycles. The standard InChI is InChI=1S/C42H36BN3O3.S52/c1-40(2)32-17-11-10-15-28(32)29-21-19-26(23-33(29)40)38-44-37(25-13-8-7-9-14-25)45-39(46-38)30-16-12-18-35-36(30)31-24-27(20-22-34(31)47-35)43-48-41(3,4)42(5,6)49-43;1-3-5-7-9-11-13-15-17-19-21-23-25-27-29-31-33-35-37-39-41-43-45-47-49-51-52-50-48-46-44-42-40-38-36-34-32-30-28-26-24-22-20-18-16-14-12-10-8-6-4-2/h7-24H,1-6H3;. The van der Waals surface area contributed by atoms with Crippen LogP contribution in [-0.4, -0.2) is 33.3 Å². The lowest BCUT2D eigenvalue weighted by Gasteiger charge is -2.32. The van der Waals surface area contributed by atoms with Crippen LogP contribution in [0.5, 0.6) is 0 Å². The van der Waals surface area contributed by atoms with Crippen LogP contribution >= 0.6 is 0 Å². The average molecular weight is 2310 g/mol. The van der Waals surface area contributed by atoms with E-state index < -0.39 is 18.3 Å². The van der Waals surface area contributed by atoms with Gasteiger partial charge in [-0.15, -0.1) is 0 Å². The fourth-order valence-electron chi connectivity index (χ4n) is 7.89. The third kappa shape index (κ3) is 33.7. The first-order valence-electron chi connectivity index (χ1n) is 25.4. The van der Waals surface area contributed by atoms with Crippen molar-refractivity contribution in [1.29, 1.82) is 0 Å². The van der Waals surface area contributed by atoms with Gasteiger partial charge in [0.25, 0.3) is 0 Å². The number of nitrogens with zero attached hydrogens (tertiary/aromatic N) is 3. The topological polar surface area (TPSA) is 70.3 Å². The van der Waals surface area contributed by atoms with Crippen LogP contribution in [0, 0.1) is 0 Å². The predicted octanol–water partition coefficient (Wildman–Crippen LogP) is 9.25. The number of hydrogen-bond acceptors (Lipinski definition) is 8. The monoisotopic (exact) mass is 2300 g/mol. The van der Waals surface area contributed by atoms with Crippen LogP contribution in [0.1, 0.15) is 52.7 Å². The van der Waals surface area contributed by atoms with Gasteiger partial charge in [0.05, 0.1) is 11.2 Å². The van der Waals surface area contributed by atoms with Crippen molar-refractivity contribution in [2.45, 2.75) is 58.2 Å². The first-order chi connectivity index (χ1) is 49.4. The second-order valence-corrected chi connectivity index (χ2v) is 107. The number of fused-ring (bicyclic) bond motifs is 6. The summed E-state index contributed by atoms with van der Waals surface area (Å²) in [6.07, 6.45) is 0. The molecule has 0 amide bonds. The average Bonchev–Trinajstić information content (AvgIpc) is 1.61. The molecule has 2 aromatic heterocycles. The van der Waals surface area contributed by atoms with E-state index in [1.807, 2.05) is 374 Å². The van der Waals surface area contributed by atoms with Crippen LogP contribution in [0.2, 0.25) is 0 Å². The number of hydrogen-bond donors (Lipinski definition) is 0. The summed E-state index contributed by atoms with van der Waals surface area (Å²) in [7, 11) is 88.9. The highest BCUT2D eigenvalue weighted by molar-refractivity contribution is 8.82. The molecule has 0 N–H and O–H groups in total. The van der Waals surface area contributed by atoms with E-state index >= 15 is 0 Å². The van der Waals surface area contributed by atoms with Crippen LogP contribution in [0.4, 0.5) is 0 Å². The zero-order valence-electron chi connectivity index (χ0n) is 49.8. The second kappa shape index (κ2) is 55.1. The molecule has 5 aromatic carbocycles. The van der Waals surface area contributed by atoms with Gasteiger partial charge < -0.3 is 13.7 Å². The Morgan fingerprint density at radius 1 is 0.297 bits per heavy atom. The molecule has 1 fully saturated rings. The quantitative estimate of drug-likeness (QED) is 0.162. The van der Waals surface area contributed by atoms with Crippen molar-refractivity contribution in [3.8, 4) is 45.3 Å². The SMILES string of the molecule is CC1(C)c2ccccc2-c2ccc(-c3nc(-c4ccccc4)nc(-c4cccc5oc6ccc(B7OC(C)(C)C(C)(C)O7)cc6c45)n3)cc21.S=S=S=S=S=S=S=S=S=S=S=S=S=S=S=S=S=S=S=S=S=S=S=S=S=S=S=S=S=S=S=S=S=S=S=S=S=S=S=S=S=S=S=S=S=S=S=S=S=S=S=S. The second-order valence-electron chi connectivity index (χ2n) is 18.1. The summed E-state index contributed by atoms with van der Waals surface area (Å²) < 4.78 is 19.2. The molecular weight excluding hydrogens is 2270 g/mol. The predicted molar refractivity (Wildman–Crippen MR) is 580 cm³/mol. The Kier molecular flexibility index (Phi) is 50.6. The normalized spacial score (nSPS) is 12.3. The first kappa shape index (κ1) is 92.8. The van der Waals surface area contributed by atoms with Gasteiger partial charge in [0.2, 0.25) is 0 Å². The summed E-state index contributed by atoms with van der Waals surface area (Å²) in [4.78, 5) is 15.3. The van der Waals surface area contributed by atoms with Crippen molar-refractivity contribution in [3.05, 3.63) is 120 Å². The van der Waals surface area contributed by atoms with Gasteiger partial charge in [-0.25, -0.2) is 15.0 Å². The van der Waals surface area contributed by atoms with E-state index in [9.17, 15) is 0 Å². The van der Waals surface area contributed by atoms with Gasteiger partial charge in [-0.1, -0.05) is 105 Å². The Balaban J connectivity index is 0.000000256. The minimum absolute atomic E-state index is 0.143. The first-order valence-corrected chi connectivity index (χ1v) is 93.4. The van der Waals surface area contributed by atoms with Gasteiger partial charge in [-0.2, -0.15) is 0 Å². The van der Waals surface area contributed by atoms with Crippen molar-refractivity contribution in [2.75, 3.05) is 0 Å². The molecule has 0 bridgehead atoms. The Labute approximate surface area is 737 Å². The molecule has 2 aliphatic rings. The van der Waals surface area contributed by atoms with Crippen molar-refractivity contribution < 1.29 is 13.7 Å². The van der Waals surface area contributed by atoms with Crippen LogP contribution in [-0.2, 0) is 481 Å². The maximum absolute atomic E-state index is 6.41. The number of furan rings is 1. The van der Waals surface area contributed by atoms with Crippen molar-refractivity contribution in [2.24, 2.45) is 0 Å². The number of benzene rings is 5. The van der Waals surface area contributed by atoms with E-state index in [0.29, 0.717) is 17.5 Å². The van der Waals surface area contributed by atoms with Gasteiger partial charge in [0, 0.05) is 499 Å². The molecule has 0 saturated carbocycles. The molecule has 101 heavy (non-hydrogen) atoms. The lowest BCUT2D eigenvalue weighted by Crippen LogP contribution is -2.41. The molecule has 0 unspecified atom stereocenters. The van der Waals surface area contributed by atoms with Crippen LogP contribution in [0.15, 0.2) is 114 Å². The maximum Gasteiger partial charge on any atom is 0.494 e. The van der Waals surface area contributed by atoms with E-state index in [2.05, 4.69) is 96.1 Å². The summed E-state index contributed by atoms with van der Waals surface area (Å²) in [5.74, 6) is 1.83. The van der Waals surface area contributed by atoms with Crippen LogP contribution in [0.3, 0.4) is 0 Å². The van der Waals surface area contributed by atoms with Gasteiger partial charge >= 0.3 is 7.12 Å². The molecule has 1 saturated heterocycles. The van der Waals surface area contributed by atoms with Crippen LogP contribution in [0.25, 0.3) is 67.2 Å². The smallest absolute Gasteiger partial charge is 0.456 e. The maximum atomic E-state index is 6.41. The minimum Gasteiger partial charge on any atom is -0.456 e. The highest BCUT2D eigenvalue weighted by Gasteiger charge is 2.51. The van der Waals surface area contributed by atoms with Crippen molar-refractivity contribution >= 4 is 501 Å². The van der Waals surface area contributed by atoms with Crippen molar-refractivity contribution in [1.82, 2.24) is 15.0 Å². The molecule has 0 radical (unpaired) electrons. The molecule has 0 atom stereocenters. The summed E-state index contributed by atoms with van der Waals surface area (Å²) in [5.41, 5.74) is 9.35. The molecule has 3 heterocycles. The van der Waals surface area contributed by atoms with Crippen molar-refractivity contribution in [3.63, 3.8) is 0 Å². The Hall–Kier alpha value is 6.33. The number of aromatic nitrogens is 3. The van der Waals surface area contributed by atoms with E-state index in [1.165, 1.54) is 40.0 Å². The zero-order chi connectivity index (χ0) is 71.1. The van der Waals surface area contributed by atoms with Gasteiger partial charge in [-0.05, 0) is 73.6 Å². The zero-order valence-corrected chi connectivity index (χ0v) is 92.2. The molecule has 7 aromatic rings. The van der Waals surface area contributed by atoms with Gasteiger partial charge in [0.1, 0.15) is 11.2 Å². The van der Waals surface area contributed by atoms with E-state index in [-0.39, 0.29) is 5.41 Å². The lowest BCUT2D eigenvalue weighted by molar-refractivity contribution is 0.00578. The van der Waals surface area contributed by atoms with Crippen LogP contribution < -0.4 is 5.46 Å². The fraction of sp³-hybridized carbons (Fsp3) is 0.214. The molecule has 552 valence electrons. The molecular formula is C42H36BN3O3S52. The van der Waals surface area contributed by atoms with E-state index in [0.717, 1.165) is 44.1 Å². The summed E-state index contributed by atoms with van der Waals surface area (Å²) >= 11 is 9.63. The highest BCUT2D eigenvalue weighted by atomic mass is 33.5. The number of rotatable bonds is 4. The third-order valence-electron chi connectivity index (χ3n) is 12.2. The summed E-state index contributed by atoms with van der Waals surface area (Å²) in [5, 5.41) is 1.90. The van der Waals surface area contributed by atoms with Gasteiger partial charge in [-0.3, -0.25) is 0 Å².